The van der Waals surface area contributed by atoms with Gasteiger partial charge in [0.05, 0.1) is 0 Å². The van der Waals surface area contributed by atoms with E-state index in [9.17, 15) is 4.79 Å². The lowest BCUT2D eigenvalue weighted by Gasteiger charge is -2.01. The number of hydrogen-bond acceptors (Lipinski definition) is 1. The van der Waals surface area contributed by atoms with Crippen LogP contribution in [-0.4, -0.2) is 5.78 Å². The minimum atomic E-state index is 0.174. The van der Waals surface area contributed by atoms with Crippen molar-refractivity contribution in [1.82, 2.24) is 0 Å². The van der Waals surface area contributed by atoms with E-state index >= 15 is 0 Å². The lowest BCUT2D eigenvalue weighted by atomic mass is 10.0. The Bertz CT molecular complexity index is 365. The van der Waals surface area contributed by atoms with E-state index in [2.05, 4.69) is 19.1 Å². The summed E-state index contributed by atoms with van der Waals surface area (Å²) in [5, 5.41) is 0. The summed E-state index contributed by atoms with van der Waals surface area (Å²) in [5.41, 5.74) is 3.70. The smallest absolute Gasteiger partial charge is 0.159 e. The van der Waals surface area contributed by atoms with Gasteiger partial charge in [-0.2, -0.15) is 0 Å². The van der Waals surface area contributed by atoms with Gasteiger partial charge >= 0.3 is 0 Å². The second kappa shape index (κ2) is 3.56. The zero-order valence-electron chi connectivity index (χ0n) is 8.84. The largest absolute Gasteiger partial charge is 0.295 e. The Balaban J connectivity index is 2.31. The molecule has 1 aromatic rings. The first-order valence-corrected chi connectivity index (χ1v) is 5.33. The second-order valence-electron chi connectivity index (χ2n) is 4.22. The van der Waals surface area contributed by atoms with Crippen molar-refractivity contribution in [3.05, 3.63) is 34.9 Å². The van der Waals surface area contributed by atoms with E-state index in [-0.39, 0.29) is 5.78 Å². The molecule has 1 heteroatoms. The van der Waals surface area contributed by atoms with Crippen LogP contribution >= 0.6 is 0 Å². The Morgan fingerprint density at radius 2 is 2.07 bits per heavy atom. The quantitative estimate of drug-likeness (QED) is 0.652. The topological polar surface area (TPSA) is 17.1 Å². The van der Waals surface area contributed by atoms with Crippen molar-refractivity contribution in [3.63, 3.8) is 0 Å². The second-order valence-corrected chi connectivity index (χ2v) is 4.22. The van der Waals surface area contributed by atoms with Crippen LogP contribution in [0.2, 0.25) is 0 Å². The average molecular weight is 188 g/mol. The van der Waals surface area contributed by atoms with Gasteiger partial charge in [-0.05, 0) is 42.9 Å². The summed E-state index contributed by atoms with van der Waals surface area (Å²) >= 11 is 0. The van der Waals surface area contributed by atoms with Gasteiger partial charge in [0.2, 0.25) is 0 Å². The molecule has 1 aliphatic carbocycles. The molecule has 0 amide bonds. The van der Waals surface area contributed by atoms with Gasteiger partial charge in [-0.3, -0.25) is 4.79 Å². The van der Waals surface area contributed by atoms with Crippen molar-refractivity contribution >= 4 is 5.78 Å². The van der Waals surface area contributed by atoms with Crippen molar-refractivity contribution in [3.8, 4) is 0 Å². The molecule has 2 rings (SSSR count). The molecule has 0 N–H and O–H groups in total. The van der Waals surface area contributed by atoms with E-state index in [0.29, 0.717) is 0 Å². The fourth-order valence-electron chi connectivity index (χ4n) is 2.22. The standard InChI is InChI=1S/C13H16O/c1-3-10-6-12-5-4-11(9(2)14)8-13(12)7-10/h4-5,8,10H,3,6-7H2,1-2H3. The number of carbonyl (C=O) groups is 1. The summed E-state index contributed by atoms with van der Waals surface area (Å²) in [6.07, 6.45) is 3.60. The molecule has 1 aliphatic rings. The van der Waals surface area contributed by atoms with Gasteiger partial charge < -0.3 is 0 Å². The molecule has 0 aliphatic heterocycles. The summed E-state index contributed by atoms with van der Waals surface area (Å²) in [6, 6.07) is 6.16. The van der Waals surface area contributed by atoms with Crippen molar-refractivity contribution in [2.75, 3.05) is 0 Å². The number of fused-ring (bicyclic) bond motifs is 1. The van der Waals surface area contributed by atoms with Crippen LogP contribution in [0.5, 0.6) is 0 Å². The van der Waals surface area contributed by atoms with Gasteiger partial charge in [-0.1, -0.05) is 25.5 Å². The summed E-state index contributed by atoms with van der Waals surface area (Å²) < 4.78 is 0. The summed E-state index contributed by atoms with van der Waals surface area (Å²) in [7, 11) is 0. The monoisotopic (exact) mass is 188 g/mol. The van der Waals surface area contributed by atoms with Crippen LogP contribution < -0.4 is 0 Å². The van der Waals surface area contributed by atoms with Gasteiger partial charge in [0.1, 0.15) is 0 Å². The zero-order valence-corrected chi connectivity index (χ0v) is 8.84. The highest BCUT2D eigenvalue weighted by molar-refractivity contribution is 5.94. The van der Waals surface area contributed by atoms with E-state index in [0.717, 1.165) is 17.9 Å². The third-order valence-electron chi connectivity index (χ3n) is 3.21. The number of rotatable bonds is 2. The first kappa shape index (κ1) is 9.45. The maximum Gasteiger partial charge on any atom is 0.159 e. The highest BCUT2D eigenvalue weighted by Crippen LogP contribution is 2.29. The predicted molar refractivity (Wildman–Crippen MR) is 57.6 cm³/mol. The first-order valence-electron chi connectivity index (χ1n) is 5.33. The van der Waals surface area contributed by atoms with Gasteiger partial charge in [0, 0.05) is 5.56 Å². The Labute approximate surface area is 85.1 Å². The SMILES string of the molecule is CCC1Cc2ccc(C(C)=O)cc2C1. The number of carbonyl (C=O) groups excluding carboxylic acids is 1. The molecule has 74 valence electrons. The molecule has 1 atom stereocenters. The Kier molecular flexibility index (Phi) is 2.40. The van der Waals surface area contributed by atoms with Gasteiger partial charge in [-0.25, -0.2) is 0 Å². The van der Waals surface area contributed by atoms with Crippen LogP contribution in [0, 0.1) is 5.92 Å². The fourth-order valence-corrected chi connectivity index (χ4v) is 2.22. The Morgan fingerprint density at radius 3 is 2.71 bits per heavy atom. The molecular formula is C13H16O. The third kappa shape index (κ3) is 1.59. The average Bonchev–Trinajstić information content (AvgIpc) is 2.58. The van der Waals surface area contributed by atoms with Crippen LogP contribution in [0.1, 0.15) is 41.8 Å². The molecule has 0 aromatic heterocycles. The third-order valence-corrected chi connectivity index (χ3v) is 3.21. The summed E-state index contributed by atoms with van der Waals surface area (Å²) in [4.78, 5) is 11.2. The number of Topliss-reactive ketones (excluding diaryl/α,β-unsaturated/α-hetero) is 1. The minimum Gasteiger partial charge on any atom is -0.295 e. The van der Waals surface area contributed by atoms with E-state index in [1.165, 1.54) is 24.0 Å². The maximum atomic E-state index is 11.2. The number of hydrogen-bond donors (Lipinski definition) is 0. The predicted octanol–water partition coefficient (Wildman–Crippen LogP) is 3.01. The molecule has 1 aromatic carbocycles. The minimum absolute atomic E-state index is 0.174. The van der Waals surface area contributed by atoms with Crippen molar-refractivity contribution in [2.45, 2.75) is 33.1 Å². The number of ketones is 1. The van der Waals surface area contributed by atoms with Crippen molar-refractivity contribution in [1.29, 1.82) is 0 Å². The Morgan fingerprint density at radius 1 is 1.36 bits per heavy atom. The van der Waals surface area contributed by atoms with Crippen LogP contribution in [0.25, 0.3) is 0 Å². The lowest BCUT2D eigenvalue weighted by molar-refractivity contribution is 0.101. The molecule has 1 unspecified atom stereocenters. The molecule has 0 fully saturated rings. The Hall–Kier alpha value is -1.11. The molecule has 0 bridgehead atoms. The fraction of sp³-hybridized carbons (Fsp3) is 0.462. The number of benzene rings is 1. The van der Waals surface area contributed by atoms with Crippen LogP contribution in [-0.2, 0) is 12.8 Å². The van der Waals surface area contributed by atoms with Crippen LogP contribution in [0.3, 0.4) is 0 Å². The lowest BCUT2D eigenvalue weighted by Crippen LogP contribution is -1.95. The van der Waals surface area contributed by atoms with E-state index in [4.69, 9.17) is 0 Å². The van der Waals surface area contributed by atoms with Crippen LogP contribution in [0.4, 0.5) is 0 Å². The molecule has 14 heavy (non-hydrogen) atoms. The molecule has 0 radical (unpaired) electrons. The zero-order chi connectivity index (χ0) is 10.1. The van der Waals surface area contributed by atoms with Gasteiger partial charge in [0.25, 0.3) is 0 Å². The van der Waals surface area contributed by atoms with E-state index < -0.39 is 0 Å². The van der Waals surface area contributed by atoms with Crippen molar-refractivity contribution in [2.24, 2.45) is 5.92 Å². The highest BCUT2D eigenvalue weighted by Gasteiger charge is 2.20. The summed E-state index contributed by atoms with van der Waals surface area (Å²) in [6.45, 7) is 3.87. The van der Waals surface area contributed by atoms with E-state index in [1.54, 1.807) is 6.92 Å². The van der Waals surface area contributed by atoms with Gasteiger partial charge in [0.15, 0.2) is 5.78 Å². The van der Waals surface area contributed by atoms with Crippen molar-refractivity contribution < 1.29 is 4.79 Å². The first-order chi connectivity index (χ1) is 6.70. The van der Waals surface area contributed by atoms with Crippen LogP contribution in [0.15, 0.2) is 18.2 Å². The van der Waals surface area contributed by atoms with Gasteiger partial charge in [-0.15, -0.1) is 0 Å². The molecular weight excluding hydrogens is 172 g/mol. The highest BCUT2D eigenvalue weighted by atomic mass is 16.1. The molecule has 1 nitrogen and oxygen atoms in total. The normalized spacial score (nSPS) is 19.4. The molecule has 0 spiro atoms. The summed E-state index contributed by atoms with van der Waals surface area (Å²) in [5.74, 6) is 0.972. The van der Waals surface area contributed by atoms with E-state index in [1.807, 2.05) is 6.07 Å². The molecule has 0 saturated carbocycles. The molecule has 0 heterocycles. The maximum absolute atomic E-state index is 11.2. The molecule has 0 saturated heterocycles.